The number of hydrogen-bond donors (Lipinski definition) is 9. The zero-order valence-electron chi connectivity index (χ0n) is 28.2. The summed E-state index contributed by atoms with van der Waals surface area (Å²) >= 11 is 4.02. The van der Waals surface area contributed by atoms with E-state index in [1.807, 2.05) is 6.92 Å². The highest BCUT2D eigenvalue weighted by atomic mass is 32.1. The second kappa shape index (κ2) is 20.9. The van der Waals surface area contributed by atoms with Gasteiger partial charge in [0, 0.05) is 18.6 Å². The van der Waals surface area contributed by atoms with Crippen molar-refractivity contribution in [1.29, 1.82) is 0 Å². The fourth-order valence-electron chi connectivity index (χ4n) is 4.53. The lowest BCUT2D eigenvalue weighted by Crippen LogP contribution is -2.61. The van der Waals surface area contributed by atoms with E-state index in [1.165, 1.54) is 6.92 Å². The van der Waals surface area contributed by atoms with Crippen LogP contribution in [0.3, 0.4) is 0 Å². The highest BCUT2D eigenvalue weighted by Crippen LogP contribution is 2.13. The average Bonchev–Trinajstić information content (AvgIpc) is 3.06. The molecule has 0 aromatic heterocycles. The number of aliphatic carboxylic acids is 1. The van der Waals surface area contributed by atoms with Gasteiger partial charge in [0.25, 0.3) is 0 Å². The molecule has 0 saturated heterocycles. The Balaban J connectivity index is 3.13. The van der Waals surface area contributed by atoms with Crippen molar-refractivity contribution >= 4 is 54.0 Å². The minimum absolute atomic E-state index is 0.0239. The van der Waals surface area contributed by atoms with E-state index in [9.17, 15) is 38.7 Å². The lowest BCUT2D eigenvalue weighted by atomic mass is 9.96. The Bertz CT molecular complexity index is 1270. The summed E-state index contributed by atoms with van der Waals surface area (Å²) in [6.45, 7) is 8.41. The van der Waals surface area contributed by atoms with Crippen molar-refractivity contribution in [2.24, 2.45) is 23.3 Å². The summed E-state index contributed by atoms with van der Waals surface area (Å²) in [7, 11) is 0. The van der Waals surface area contributed by atoms with E-state index in [0.717, 1.165) is 0 Å². The number of carbonyl (C=O) groups excluding carboxylic acids is 6. The van der Waals surface area contributed by atoms with Crippen molar-refractivity contribution in [1.82, 2.24) is 26.6 Å². The second-order valence-electron chi connectivity index (χ2n) is 11.9. The first kappa shape index (κ1) is 41.8. The second-order valence-corrected chi connectivity index (χ2v) is 12.3. The molecule has 0 aliphatic carbocycles. The van der Waals surface area contributed by atoms with Gasteiger partial charge >= 0.3 is 5.97 Å². The van der Waals surface area contributed by atoms with Crippen LogP contribution < -0.4 is 38.1 Å². The molecule has 15 nitrogen and oxygen atoms in total. The topological polar surface area (TPSA) is 252 Å². The van der Waals surface area contributed by atoms with Crippen LogP contribution in [0, 0.1) is 11.8 Å². The lowest BCUT2D eigenvalue weighted by molar-refractivity contribution is -0.142. The molecule has 0 unspecified atom stereocenters. The quantitative estimate of drug-likeness (QED) is 0.0743. The number of carboxylic acid groups (broad SMARTS) is 1. The molecule has 0 aliphatic rings. The molecule has 0 aliphatic heterocycles. The van der Waals surface area contributed by atoms with Gasteiger partial charge in [0.1, 0.15) is 30.2 Å². The Morgan fingerprint density at radius 3 is 1.71 bits per heavy atom. The zero-order chi connectivity index (χ0) is 36.6. The Kier molecular flexibility index (Phi) is 18.2. The van der Waals surface area contributed by atoms with Gasteiger partial charge in [0.15, 0.2) is 0 Å². The Labute approximate surface area is 286 Å². The molecule has 16 heteroatoms. The maximum Gasteiger partial charge on any atom is 0.326 e. The van der Waals surface area contributed by atoms with Crippen molar-refractivity contribution in [3.05, 3.63) is 35.9 Å². The van der Waals surface area contributed by atoms with Crippen LogP contribution in [0.15, 0.2) is 30.3 Å². The first-order chi connectivity index (χ1) is 22.6. The zero-order valence-corrected chi connectivity index (χ0v) is 29.0. The number of rotatable bonds is 21. The third kappa shape index (κ3) is 13.9. The number of amides is 6. The molecular formula is C32H51N7O8S. The molecule has 0 radical (unpaired) electrons. The Morgan fingerprint density at radius 2 is 1.23 bits per heavy atom. The maximum absolute atomic E-state index is 13.6. The summed E-state index contributed by atoms with van der Waals surface area (Å²) < 4.78 is 0. The number of carbonyl (C=O) groups is 7. The molecule has 1 aromatic carbocycles. The smallest absolute Gasteiger partial charge is 0.326 e. The molecule has 1 rings (SSSR count). The fourth-order valence-corrected chi connectivity index (χ4v) is 4.70. The third-order valence-corrected chi connectivity index (χ3v) is 8.47. The van der Waals surface area contributed by atoms with Crippen molar-refractivity contribution < 1.29 is 38.7 Å². The molecule has 10 N–H and O–H groups in total. The molecule has 0 heterocycles. The van der Waals surface area contributed by atoms with Gasteiger partial charge in [-0.2, -0.15) is 12.6 Å². The number of primary amides is 1. The SMILES string of the molecule is CC[C@H](C)[C@H](NC(=O)[C@H](CCC(N)=O)NC(=O)[C@@H](NC(=O)[C@@H](N)CS)[C@@H](C)CC)C(=O)N[C@@H](C)C(=O)N[C@@H](Cc1ccccc1)C(=O)O. The predicted octanol–water partition coefficient (Wildman–Crippen LogP) is -0.628. The van der Waals surface area contributed by atoms with Gasteiger partial charge in [0.2, 0.25) is 35.4 Å². The average molecular weight is 694 g/mol. The van der Waals surface area contributed by atoms with Gasteiger partial charge in [-0.05, 0) is 30.7 Å². The number of carboxylic acids is 1. The number of thiol groups is 1. The largest absolute Gasteiger partial charge is 0.480 e. The molecule has 0 fully saturated rings. The van der Waals surface area contributed by atoms with E-state index in [1.54, 1.807) is 51.1 Å². The maximum atomic E-state index is 13.6. The minimum Gasteiger partial charge on any atom is -0.480 e. The van der Waals surface area contributed by atoms with E-state index >= 15 is 0 Å². The molecule has 48 heavy (non-hydrogen) atoms. The van der Waals surface area contributed by atoms with Gasteiger partial charge in [-0.25, -0.2) is 4.79 Å². The monoisotopic (exact) mass is 693 g/mol. The Hall–Kier alpha value is -4.18. The van der Waals surface area contributed by atoms with Gasteiger partial charge < -0.3 is 43.2 Å². The van der Waals surface area contributed by atoms with Crippen molar-refractivity contribution in [2.45, 2.75) is 103 Å². The molecule has 0 spiro atoms. The van der Waals surface area contributed by atoms with Crippen LogP contribution in [-0.2, 0) is 40.0 Å². The summed E-state index contributed by atoms with van der Waals surface area (Å²) in [4.78, 5) is 89.2. The highest BCUT2D eigenvalue weighted by Gasteiger charge is 2.34. The molecule has 6 amide bonds. The van der Waals surface area contributed by atoms with Crippen LogP contribution >= 0.6 is 12.6 Å². The van der Waals surface area contributed by atoms with Gasteiger partial charge in [0.05, 0.1) is 6.04 Å². The van der Waals surface area contributed by atoms with E-state index in [0.29, 0.717) is 18.4 Å². The van der Waals surface area contributed by atoms with E-state index in [4.69, 9.17) is 11.5 Å². The lowest BCUT2D eigenvalue weighted by Gasteiger charge is -2.29. The van der Waals surface area contributed by atoms with Gasteiger partial charge in [-0.15, -0.1) is 0 Å². The number of hydrogen-bond acceptors (Lipinski definition) is 9. The summed E-state index contributed by atoms with van der Waals surface area (Å²) in [5.74, 6) is -6.32. The molecule has 0 saturated carbocycles. The minimum atomic E-state index is -1.32. The third-order valence-electron chi connectivity index (χ3n) is 8.08. The Morgan fingerprint density at radius 1 is 0.729 bits per heavy atom. The van der Waals surface area contributed by atoms with Crippen molar-refractivity contribution in [3.8, 4) is 0 Å². The number of nitrogens with two attached hydrogens (primary N) is 2. The fraction of sp³-hybridized carbons (Fsp3) is 0.594. The standard InChI is InChI=1S/C32H51N7O8S/c1-6-17(3)25(30(44)35-19(5)27(41)37-23(32(46)47)15-20-11-9-8-10-12-20)39-29(43)22(13-14-24(34)40)36-31(45)26(18(4)7-2)38-28(42)21(33)16-48/h8-12,17-19,21-23,25-26,48H,6-7,13-16,33H2,1-5H3,(H2,34,40)(H,35,44)(H,36,45)(H,37,41)(H,38,42)(H,39,43)(H,46,47)/t17-,18-,19-,21-,22-,23-,25-,26-/m0/s1. The van der Waals surface area contributed by atoms with Crippen molar-refractivity contribution in [3.63, 3.8) is 0 Å². The van der Waals surface area contributed by atoms with E-state index < -0.39 is 83.6 Å². The van der Waals surface area contributed by atoms with E-state index in [2.05, 4.69) is 39.2 Å². The van der Waals surface area contributed by atoms with Crippen LogP contribution in [0.1, 0.15) is 65.9 Å². The summed E-state index contributed by atoms with van der Waals surface area (Å²) in [5.41, 5.74) is 11.8. The first-order valence-electron chi connectivity index (χ1n) is 16.0. The van der Waals surface area contributed by atoms with Crippen molar-refractivity contribution in [2.75, 3.05) is 5.75 Å². The predicted molar refractivity (Wildman–Crippen MR) is 182 cm³/mol. The van der Waals surface area contributed by atoms with Crippen LogP contribution in [0.5, 0.6) is 0 Å². The van der Waals surface area contributed by atoms with Gasteiger partial charge in [-0.3, -0.25) is 28.8 Å². The summed E-state index contributed by atoms with van der Waals surface area (Å²) in [6.07, 6.45) is 0.484. The van der Waals surface area contributed by atoms with Crippen LogP contribution in [-0.4, -0.2) is 88.5 Å². The molecule has 1 aromatic rings. The number of benzene rings is 1. The molecule has 0 bridgehead atoms. The van der Waals surface area contributed by atoms with Crippen LogP contribution in [0.25, 0.3) is 0 Å². The summed E-state index contributed by atoms with van der Waals surface area (Å²) in [5, 5.41) is 22.4. The number of nitrogens with one attached hydrogen (secondary N) is 5. The van der Waals surface area contributed by atoms with Crippen LogP contribution in [0.2, 0.25) is 0 Å². The van der Waals surface area contributed by atoms with E-state index in [-0.39, 0.29) is 30.9 Å². The normalized spacial score (nSPS) is 16.0. The highest BCUT2D eigenvalue weighted by molar-refractivity contribution is 7.80. The summed E-state index contributed by atoms with van der Waals surface area (Å²) in [6, 6.07) is 1.76. The molecule has 268 valence electrons. The molecule has 8 atom stereocenters. The van der Waals surface area contributed by atoms with Crippen LogP contribution in [0.4, 0.5) is 0 Å². The molecular weight excluding hydrogens is 642 g/mol. The first-order valence-corrected chi connectivity index (χ1v) is 16.6. The van der Waals surface area contributed by atoms with Gasteiger partial charge in [-0.1, -0.05) is 70.9 Å².